The summed E-state index contributed by atoms with van der Waals surface area (Å²) in [6, 6.07) is 9.86. The number of nitrogens with two attached hydrogens (primary N) is 1. The van der Waals surface area contributed by atoms with Crippen molar-refractivity contribution in [3.05, 3.63) is 48.5 Å². The molecule has 2 aromatic heterocycles. The molecule has 0 saturated carbocycles. The molecule has 4 atom stereocenters. The van der Waals surface area contributed by atoms with Crippen molar-refractivity contribution in [3.63, 3.8) is 0 Å². The van der Waals surface area contributed by atoms with Gasteiger partial charge in [-0.3, -0.25) is 4.57 Å². The van der Waals surface area contributed by atoms with Crippen molar-refractivity contribution in [2.75, 3.05) is 18.9 Å². The number of aliphatic hydroxyl groups excluding tert-OH is 1. The molecule has 9 heteroatoms. The Balaban J connectivity index is 1.45. The standard InChI is InChI=1S/C18H19N5O4/c19-15-12-16(21-9-20-15)23(10-22-12)17-13-14(18(7-24,27-17)8-26-13)25-6-11-4-2-1-3-5-11/h1-5,9-10,13-14,17,24H,6-8H2,(H2,19,20,21)/t13?,14?,17-,18+/m1/s1. The van der Waals surface area contributed by atoms with Crippen LogP contribution in [-0.2, 0) is 20.8 Å². The van der Waals surface area contributed by atoms with Gasteiger partial charge < -0.3 is 25.1 Å². The van der Waals surface area contributed by atoms with E-state index in [0.29, 0.717) is 23.6 Å². The molecular weight excluding hydrogens is 350 g/mol. The van der Waals surface area contributed by atoms with Crippen LogP contribution in [0, 0.1) is 0 Å². The lowest BCUT2D eigenvalue weighted by atomic mass is 10.00. The summed E-state index contributed by atoms with van der Waals surface area (Å²) in [6.45, 7) is 0.472. The van der Waals surface area contributed by atoms with E-state index in [1.807, 2.05) is 30.3 Å². The van der Waals surface area contributed by atoms with Crippen LogP contribution in [0.5, 0.6) is 0 Å². The fourth-order valence-corrected chi connectivity index (χ4v) is 3.80. The topological polar surface area (TPSA) is 118 Å². The number of anilines is 1. The fourth-order valence-electron chi connectivity index (χ4n) is 3.80. The lowest BCUT2D eigenvalue weighted by molar-refractivity contribution is -0.187. The quantitative estimate of drug-likeness (QED) is 0.673. The Hall–Kier alpha value is -2.59. The van der Waals surface area contributed by atoms with Gasteiger partial charge in [0.25, 0.3) is 0 Å². The monoisotopic (exact) mass is 369 g/mol. The zero-order chi connectivity index (χ0) is 18.4. The van der Waals surface area contributed by atoms with E-state index in [4.69, 9.17) is 19.9 Å². The van der Waals surface area contributed by atoms with Crippen LogP contribution in [0.2, 0.25) is 0 Å². The van der Waals surface area contributed by atoms with Gasteiger partial charge in [-0.2, -0.15) is 0 Å². The van der Waals surface area contributed by atoms with E-state index in [2.05, 4.69) is 15.0 Å². The maximum absolute atomic E-state index is 10.0. The first kappa shape index (κ1) is 16.6. The summed E-state index contributed by atoms with van der Waals surface area (Å²) < 4.78 is 20.0. The minimum Gasteiger partial charge on any atom is -0.393 e. The van der Waals surface area contributed by atoms with E-state index in [1.54, 1.807) is 10.9 Å². The number of hydrogen-bond acceptors (Lipinski definition) is 8. The van der Waals surface area contributed by atoms with E-state index in [0.717, 1.165) is 5.56 Å². The maximum Gasteiger partial charge on any atom is 0.167 e. The van der Waals surface area contributed by atoms with Crippen molar-refractivity contribution in [2.24, 2.45) is 0 Å². The molecule has 4 heterocycles. The summed E-state index contributed by atoms with van der Waals surface area (Å²) in [5.41, 5.74) is 7.06. The Morgan fingerprint density at radius 1 is 1.26 bits per heavy atom. The zero-order valence-corrected chi connectivity index (χ0v) is 14.4. The summed E-state index contributed by atoms with van der Waals surface area (Å²) in [6.07, 6.45) is 1.66. The lowest BCUT2D eigenvalue weighted by Crippen LogP contribution is -2.45. The number of rotatable bonds is 5. The number of nitrogen functional groups attached to an aromatic ring is 1. The highest BCUT2D eigenvalue weighted by Crippen LogP contribution is 2.47. The van der Waals surface area contributed by atoms with Gasteiger partial charge in [-0.15, -0.1) is 0 Å². The Kier molecular flexibility index (Phi) is 3.83. The molecule has 9 nitrogen and oxygen atoms in total. The van der Waals surface area contributed by atoms with Gasteiger partial charge in [0.05, 0.1) is 26.1 Å². The third-order valence-electron chi connectivity index (χ3n) is 5.17. The average molecular weight is 369 g/mol. The SMILES string of the molecule is Nc1ncnc2c1ncn2[C@@H]1O[C@@]2(CO)COC1C2OCc1ccccc1. The molecule has 3 N–H and O–H groups in total. The van der Waals surface area contributed by atoms with Crippen LogP contribution in [0.15, 0.2) is 43.0 Å². The minimum absolute atomic E-state index is 0.205. The summed E-state index contributed by atoms with van der Waals surface area (Å²) >= 11 is 0. The molecule has 1 aromatic carbocycles. The van der Waals surface area contributed by atoms with Crippen LogP contribution < -0.4 is 5.73 Å². The molecule has 0 radical (unpaired) electrons. The molecule has 0 amide bonds. The van der Waals surface area contributed by atoms with Crippen molar-refractivity contribution in [3.8, 4) is 0 Å². The van der Waals surface area contributed by atoms with Crippen LogP contribution in [0.4, 0.5) is 5.82 Å². The number of imidazole rings is 1. The molecule has 0 aliphatic carbocycles. The molecule has 0 spiro atoms. The zero-order valence-electron chi connectivity index (χ0n) is 14.4. The molecule has 140 valence electrons. The number of aromatic nitrogens is 4. The molecule has 3 aromatic rings. The number of aliphatic hydroxyl groups is 1. The van der Waals surface area contributed by atoms with E-state index in [1.165, 1.54) is 6.33 Å². The molecule has 2 aliphatic rings. The normalized spacial score (nSPS) is 29.6. The molecule has 27 heavy (non-hydrogen) atoms. The van der Waals surface area contributed by atoms with Gasteiger partial charge in [0.15, 0.2) is 17.7 Å². The van der Waals surface area contributed by atoms with Crippen molar-refractivity contribution in [2.45, 2.75) is 30.6 Å². The molecule has 2 aliphatic heterocycles. The van der Waals surface area contributed by atoms with Crippen molar-refractivity contribution in [1.29, 1.82) is 0 Å². The molecule has 2 fully saturated rings. The molecule has 5 rings (SSSR count). The van der Waals surface area contributed by atoms with Crippen LogP contribution in [0.25, 0.3) is 11.2 Å². The summed E-state index contributed by atoms with van der Waals surface area (Å²) in [5, 5.41) is 10.0. The van der Waals surface area contributed by atoms with Crippen molar-refractivity contribution >= 4 is 17.0 Å². The van der Waals surface area contributed by atoms with Crippen LogP contribution in [-0.4, -0.2) is 55.6 Å². The molecule has 2 unspecified atom stereocenters. The van der Waals surface area contributed by atoms with Crippen LogP contribution in [0.1, 0.15) is 11.8 Å². The summed E-state index contributed by atoms with van der Waals surface area (Å²) in [5.74, 6) is 0.302. The number of ether oxygens (including phenoxy) is 3. The second-order valence-electron chi connectivity index (χ2n) is 6.81. The Morgan fingerprint density at radius 3 is 2.93 bits per heavy atom. The first-order chi connectivity index (χ1) is 13.2. The molecular formula is C18H19N5O4. The largest absolute Gasteiger partial charge is 0.393 e. The molecule has 2 saturated heterocycles. The van der Waals surface area contributed by atoms with Gasteiger partial charge in [-0.25, -0.2) is 15.0 Å². The first-order valence-corrected chi connectivity index (χ1v) is 8.71. The lowest BCUT2D eigenvalue weighted by Gasteiger charge is -2.29. The first-order valence-electron chi connectivity index (χ1n) is 8.71. The maximum atomic E-state index is 10.0. The van der Waals surface area contributed by atoms with E-state index < -0.39 is 24.0 Å². The van der Waals surface area contributed by atoms with Crippen molar-refractivity contribution < 1.29 is 19.3 Å². The second-order valence-corrected chi connectivity index (χ2v) is 6.81. The highest BCUT2D eigenvalue weighted by atomic mass is 16.7. The van der Waals surface area contributed by atoms with Gasteiger partial charge in [0, 0.05) is 0 Å². The molecule has 2 bridgehead atoms. The summed E-state index contributed by atoms with van der Waals surface area (Å²) in [7, 11) is 0. The number of hydrogen-bond donors (Lipinski definition) is 2. The van der Waals surface area contributed by atoms with Crippen molar-refractivity contribution in [1.82, 2.24) is 19.5 Å². The smallest absolute Gasteiger partial charge is 0.167 e. The van der Waals surface area contributed by atoms with Gasteiger partial charge >= 0.3 is 0 Å². The third kappa shape index (κ3) is 2.51. The predicted molar refractivity (Wildman–Crippen MR) is 94.4 cm³/mol. The summed E-state index contributed by atoms with van der Waals surface area (Å²) in [4.78, 5) is 12.5. The fraction of sp³-hybridized carbons (Fsp3) is 0.389. The highest BCUT2D eigenvalue weighted by Gasteiger charge is 2.63. The minimum atomic E-state index is -0.917. The third-order valence-corrected chi connectivity index (χ3v) is 5.17. The average Bonchev–Trinajstić information content (AvgIpc) is 3.37. The van der Waals surface area contributed by atoms with Gasteiger partial charge in [0.2, 0.25) is 0 Å². The number of fused-ring (bicyclic) bond motifs is 3. The van der Waals surface area contributed by atoms with Crippen LogP contribution in [0.3, 0.4) is 0 Å². The number of benzene rings is 1. The van der Waals surface area contributed by atoms with Gasteiger partial charge in [-0.05, 0) is 5.56 Å². The number of nitrogens with zero attached hydrogens (tertiary/aromatic N) is 4. The van der Waals surface area contributed by atoms with E-state index in [-0.39, 0.29) is 13.2 Å². The van der Waals surface area contributed by atoms with Gasteiger partial charge in [-0.1, -0.05) is 30.3 Å². The Labute approximate surface area is 154 Å². The van der Waals surface area contributed by atoms with E-state index >= 15 is 0 Å². The van der Waals surface area contributed by atoms with E-state index in [9.17, 15) is 5.11 Å². The highest BCUT2D eigenvalue weighted by molar-refractivity contribution is 5.81. The Morgan fingerprint density at radius 2 is 2.11 bits per heavy atom. The Bertz CT molecular complexity index is 965. The van der Waals surface area contributed by atoms with Crippen LogP contribution >= 0.6 is 0 Å². The van der Waals surface area contributed by atoms with Gasteiger partial charge in [0.1, 0.15) is 29.7 Å². The second kappa shape index (κ2) is 6.24. The predicted octanol–water partition coefficient (Wildman–Crippen LogP) is 0.653.